The van der Waals surface area contributed by atoms with Crippen LogP contribution in [0.4, 0.5) is 4.39 Å². The Labute approximate surface area is 136 Å². The molecule has 0 atom stereocenters. The van der Waals surface area contributed by atoms with Gasteiger partial charge in [0, 0.05) is 5.56 Å². The molecule has 0 aliphatic heterocycles. The molecule has 0 aliphatic carbocycles. The third-order valence-electron chi connectivity index (χ3n) is 3.16. The van der Waals surface area contributed by atoms with E-state index in [4.69, 9.17) is 16.7 Å². The molecule has 0 unspecified atom stereocenters. The number of benzene rings is 2. The van der Waals surface area contributed by atoms with Crippen molar-refractivity contribution in [1.82, 2.24) is 0 Å². The zero-order valence-electron chi connectivity index (χ0n) is 11.9. The van der Waals surface area contributed by atoms with Gasteiger partial charge in [0.15, 0.2) is 15.6 Å². The van der Waals surface area contributed by atoms with Crippen LogP contribution in [0.25, 0.3) is 0 Å². The van der Waals surface area contributed by atoms with Crippen LogP contribution in [0.3, 0.4) is 0 Å². The van der Waals surface area contributed by atoms with Crippen LogP contribution in [0, 0.1) is 12.7 Å². The van der Waals surface area contributed by atoms with Crippen molar-refractivity contribution in [3.8, 4) is 5.75 Å². The van der Waals surface area contributed by atoms with E-state index in [2.05, 4.69) is 0 Å². The van der Waals surface area contributed by atoms with Gasteiger partial charge in [-0.05, 0) is 30.7 Å². The van der Waals surface area contributed by atoms with Crippen LogP contribution in [0.1, 0.15) is 21.5 Å². The van der Waals surface area contributed by atoms with E-state index >= 15 is 0 Å². The molecule has 0 heterocycles. The molecule has 0 spiro atoms. The molecule has 0 aliphatic rings. The molecule has 5 nitrogen and oxygen atoms in total. The molecule has 8 heteroatoms. The number of halogens is 2. The lowest BCUT2D eigenvalue weighted by molar-refractivity contribution is 0.0696. The lowest BCUT2D eigenvalue weighted by atomic mass is 10.2. The Morgan fingerprint density at radius 1 is 1.26 bits per heavy atom. The van der Waals surface area contributed by atoms with Gasteiger partial charge in [0.1, 0.15) is 10.7 Å². The maximum Gasteiger partial charge on any atom is 0.335 e. The number of carboxylic acid groups (broad SMARTS) is 1. The second-order valence-corrected chi connectivity index (χ2v) is 7.33. The summed E-state index contributed by atoms with van der Waals surface area (Å²) in [7, 11) is -4.20. The standard InChI is InChI=1S/C15H12ClFO5S/c1-8-2-3-9(12(17)4-8)7-23(21,22)13-6-10(15(19)20)5-11(16)14(13)18/h2-6,18H,7H2,1H3,(H,19,20). The third kappa shape index (κ3) is 3.62. The van der Waals surface area contributed by atoms with Crippen LogP contribution in [-0.2, 0) is 15.6 Å². The Bertz CT molecular complexity index is 893. The Morgan fingerprint density at radius 2 is 1.91 bits per heavy atom. The predicted octanol–water partition coefficient (Wildman–Crippen LogP) is 3.17. The highest BCUT2D eigenvalue weighted by Crippen LogP contribution is 2.34. The first kappa shape index (κ1) is 17.2. The summed E-state index contributed by atoms with van der Waals surface area (Å²) in [5, 5.41) is 18.4. The Hall–Kier alpha value is -2.12. The Kier molecular flexibility index (Phi) is 4.63. The van der Waals surface area contributed by atoms with Crippen LogP contribution < -0.4 is 0 Å². The largest absolute Gasteiger partial charge is 0.505 e. The fourth-order valence-electron chi connectivity index (χ4n) is 1.99. The lowest BCUT2D eigenvalue weighted by Gasteiger charge is -2.10. The van der Waals surface area contributed by atoms with E-state index in [1.54, 1.807) is 13.0 Å². The predicted molar refractivity (Wildman–Crippen MR) is 82.1 cm³/mol. The maximum atomic E-state index is 13.8. The molecule has 0 aromatic heterocycles. The fraction of sp³-hybridized carbons (Fsp3) is 0.133. The van der Waals surface area contributed by atoms with Crippen molar-refractivity contribution >= 4 is 27.4 Å². The number of aromatic hydroxyl groups is 1. The molecule has 0 saturated carbocycles. The van der Waals surface area contributed by atoms with Gasteiger partial charge in [-0.3, -0.25) is 0 Å². The van der Waals surface area contributed by atoms with E-state index in [-0.39, 0.29) is 5.56 Å². The number of phenols is 1. The van der Waals surface area contributed by atoms with Crippen LogP contribution in [-0.4, -0.2) is 24.6 Å². The molecule has 0 bridgehead atoms. The van der Waals surface area contributed by atoms with E-state index in [0.29, 0.717) is 5.56 Å². The minimum absolute atomic E-state index is 0.0909. The summed E-state index contributed by atoms with van der Waals surface area (Å²) < 4.78 is 38.7. The van der Waals surface area contributed by atoms with Gasteiger partial charge in [-0.25, -0.2) is 17.6 Å². The van der Waals surface area contributed by atoms with E-state index in [0.717, 1.165) is 12.1 Å². The number of rotatable bonds is 4. The average Bonchev–Trinajstić information content (AvgIpc) is 2.44. The second kappa shape index (κ2) is 6.17. The third-order valence-corrected chi connectivity index (χ3v) is 5.13. The van der Waals surface area contributed by atoms with Crippen molar-refractivity contribution < 1.29 is 27.8 Å². The van der Waals surface area contributed by atoms with Gasteiger partial charge in [-0.1, -0.05) is 23.7 Å². The Balaban J connectivity index is 2.53. The van der Waals surface area contributed by atoms with Gasteiger partial charge in [0.25, 0.3) is 0 Å². The van der Waals surface area contributed by atoms with Gasteiger partial charge in [0.05, 0.1) is 16.3 Å². The highest BCUT2D eigenvalue weighted by molar-refractivity contribution is 7.90. The van der Waals surface area contributed by atoms with Crippen LogP contribution in [0.2, 0.25) is 5.02 Å². The van der Waals surface area contributed by atoms with Gasteiger partial charge >= 0.3 is 5.97 Å². The van der Waals surface area contributed by atoms with Crippen molar-refractivity contribution in [3.63, 3.8) is 0 Å². The number of phenolic OH excluding ortho intramolecular Hbond substituents is 1. The zero-order valence-corrected chi connectivity index (χ0v) is 13.4. The van der Waals surface area contributed by atoms with E-state index in [1.807, 2.05) is 0 Å². The number of aromatic carboxylic acids is 1. The summed E-state index contributed by atoms with van der Waals surface area (Å²) in [6, 6.07) is 5.79. The quantitative estimate of drug-likeness (QED) is 0.875. The summed E-state index contributed by atoms with van der Waals surface area (Å²) in [5.41, 5.74) is 0.144. The first-order valence-corrected chi connectivity index (χ1v) is 8.38. The maximum absolute atomic E-state index is 13.8. The van der Waals surface area contributed by atoms with E-state index in [9.17, 15) is 22.7 Å². The minimum Gasteiger partial charge on any atom is -0.505 e. The highest BCUT2D eigenvalue weighted by Gasteiger charge is 2.25. The van der Waals surface area contributed by atoms with Gasteiger partial charge in [-0.15, -0.1) is 0 Å². The molecule has 0 fully saturated rings. The van der Waals surface area contributed by atoms with Crippen LogP contribution in [0.15, 0.2) is 35.2 Å². The second-order valence-electron chi connectivity index (χ2n) is 4.96. The molecule has 2 rings (SSSR count). The van der Waals surface area contributed by atoms with Crippen molar-refractivity contribution in [2.75, 3.05) is 0 Å². The molecule has 2 N–H and O–H groups in total. The number of aryl methyl sites for hydroxylation is 1. The average molecular weight is 359 g/mol. The molecule has 122 valence electrons. The Morgan fingerprint density at radius 3 is 2.48 bits per heavy atom. The van der Waals surface area contributed by atoms with Gasteiger partial charge < -0.3 is 10.2 Å². The molecule has 0 amide bonds. The summed E-state index contributed by atoms with van der Waals surface area (Å²) in [6.45, 7) is 1.66. The van der Waals surface area contributed by atoms with Crippen LogP contribution in [0.5, 0.6) is 5.75 Å². The van der Waals surface area contributed by atoms with Crippen molar-refractivity contribution in [1.29, 1.82) is 0 Å². The number of hydrogen-bond acceptors (Lipinski definition) is 4. The van der Waals surface area contributed by atoms with E-state index < -0.39 is 48.6 Å². The SMILES string of the molecule is Cc1ccc(CS(=O)(=O)c2cc(C(=O)O)cc(Cl)c2O)c(F)c1. The first-order chi connectivity index (χ1) is 10.6. The smallest absolute Gasteiger partial charge is 0.335 e. The van der Waals surface area contributed by atoms with E-state index in [1.165, 1.54) is 12.1 Å². The highest BCUT2D eigenvalue weighted by atomic mass is 35.5. The molecule has 0 saturated heterocycles. The van der Waals surface area contributed by atoms with Gasteiger partial charge in [0.2, 0.25) is 0 Å². The van der Waals surface area contributed by atoms with Gasteiger partial charge in [-0.2, -0.15) is 0 Å². The number of hydrogen-bond donors (Lipinski definition) is 2. The van der Waals surface area contributed by atoms with Crippen molar-refractivity contribution in [2.45, 2.75) is 17.6 Å². The molecular weight excluding hydrogens is 347 g/mol. The van der Waals surface area contributed by atoms with Crippen molar-refractivity contribution in [3.05, 3.63) is 57.9 Å². The lowest BCUT2D eigenvalue weighted by Crippen LogP contribution is -2.09. The van der Waals surface area contributed by atoms with Crippen LogP contribution >= 0.6 is 11.6 Å². The van der Waals surface area contributed by atoms with Crippen molar-refractivity contribution in [2.24, 2.45) is 0 Å². The number of sulfone groups is 1. The molecular formula is C15H12ClFO5S. The number of carbonyl (C=O) groups is 1. The minimum atomic E-state index is -4.20. The topological polar surface area (TPSA) is 91.7 Å². The summed E-state index contributed by atoms with van der Waals surface area (Å²) in [5.74, 6) is -3.59. The summed E-state index contributed by atoms with van der Waals surface area (Å²) in [6.07, 6.45) is 0. The summed E-state index contributed by atoms with van der Waals surface area (Å²) >= 11 is 5.67. The molecule has 2 aromatic rings. The zero-order chi connectivity index (χ0) is 17.4. The normalized spacial score (nSPS) is 11.4. The monoisotopic (exact) mass is 358 g/mol. The summed E-state index contributed by atoms with van der Waals surface area (Å²) in [4.78, 5) is 10.3. The number of carboxylic acids is 1. The fourth-order valence-corrected chi connectivity index (χ4v) is 3.77. The molecule has 0 radical (unpaired) electrons. The first-order valence-electron chi connectivity index (χ1n) is 6.35. The molecule has 23 heavy (non-hydrogen) atoms. The molecule has 2 aromatic carbocycles.